The zero-order valence-electron chi connectivity index (χ0n) is 18.4. The van der Waals surface area contributed by atoms with Gasteiger partial charge in [0.05, 0.1) is 0 Å². The van der Waals surface area contributed by atoms with Gasteiger partial charge < -0.3 is 16.8 Å². The normalized spacial score (nSPS) is 26.1. The zero-order valence-corrected chi connectivity index (χ0v) is 18.4. The highest BCUT2D eigenvalue weighted by atomic mass is 16.2. The molecule has 5 N–H and O–H groups in total. The van der Waals surface area contributed by atoms with Crippen LogP contribution in [0.5, 0.6) is 0 Å². The molecule has 1 saturated heterocycles. The van der Waals surface area contributed by atoms with E-state index in [0.717, 1.165) is 77.0 Å². The number of guanidine groups is 1. The maximum absolute atomic E-state index is 13.3. The molecule has 3 fully saturated rings. The molecule has 0 radical (unpaired) electrons. The molecule has 0 aromatic rings. The lowest BCUT2D eigenvalue weighted by Gasteiger charge is -2.28. The van der Waals surface area contributed by atoms with E-state index in [1.165, 1.54) is 17.7 Å². The number of rotatable bonds is 4. The fourth-order valence-electron chi connectivity index (χ4n) is 4.97. The predicted octanol–water partition coefficient (Wildman–Crippen LogP) is 1.94. The maximum atomic E-state index is 13.3. The van der Waals surface area contributed by atoms with Crippen molar-refractivity contribution in [2.75, 3.05) is 0 Å². The molecule has 1 aliphatic heterocycles. The summed E-state index contributed by atoms with van der Waals surface area (Å²) in [5.74, 6) is -3.12. The molecule has 172 valence electrons. The van der Waals surface area contributed by atoms with Crippen LogP contribution in [0.25, 0.3) is 0 Å². The average molecular weight is 433 g/mol. The van der Waals surface area contributed by atoms with Gasteiger partial charge in [-0.2, -0.15) is 0 Å². The highest BCUT2D eigenvalue weighted by Gasteiger charge is 2.51. The largest absolute Gasteiger partial charge is 0.369 e. The zero-order chi connectivity index (χ0) is 22.2. The van der Waals surface area contributed by atoms with Gasteiger partial charge in [-0.1, -0.05) is 64.2 Å². The van der Waals surface area contributed by atoms with E-state index in [0.29, 0.717) is 0 Å². The number of hydrogen-bond donors (Lipinski definition) is 3. The number of likely N-dealkylation sites (tertiary alicyclic amines) is 1. The van der Waals surface area contributed by atoms with Crippen LogP contribution in [-0.4, -0.2) is 46.4 Å². The highest BCUT2D eigenvalue weighted by molar-refractivity contribution is 6.54. The second-order valence-corrected chi connectivity index (χ2v) is 9.01. The standard InChI is InChI=1S/C22H36N6O3/c23-22(24)27-26-18-17(19(29)25-15-11-7-3-1-4-8-12-15)20(30)28(21(18)31)16-13-9-5-2-6-10-14-16/h15-17H,1-14H2,(H,25,29)(H4,23,24,27)/b26-18+. The lowest BCUT2D eigenvalue weighted by atomic mass is 9.95. The molecule has 0 aromatic carbocycles. The number of nitrogens with one attached hydrogen (secondary N) is 1. The number of imide groups is 1. The second kappa shape index (κ2) is 11.2. The van der Waals surface area contributed by atoms with Crippen LogP contribution < -0.4 is 16.8 Å². The Bertz CT molecular complexity index is 715. The van der Waals surface area contributed by atoms with Crippen molar-refractivity contribution in [3.8, 4) is 0 Å². The van der Waals surface area contributed by atoms with E-state index in [4.69, 9.17) is 11.5 Å². The summed E-state index contributed by atoms with van der Waals surface area (Å²) in [6, 6.07) is -0.195. The topological polar surface area (TPSA) is 143 Å². The van der Waals surface area contributed by atoms with Gasteiger partial charge in [0.25, 0.3) is 5.91 Å². The molecule has 9 heteroatoms. The fourth-order valence-corrected chi connectivity index (χ4v) is 4.97. The highest BCUT2D eigenvalue weighted by Crippen LogP contribution is 2.28. The van der Waals surface area contributed by atoms with Gasteiger partial charge in [0.15, 0.2) is 11.6 Å². The van der Waals surface area contributed by atoms with Gasteiger partial charge in [-0.15, -0.1) is 10.2 Å². The van der Waals surface area contributed by atoms with Crippen molar-refractivity contribution in [3.05, 3.63) is 0 Å². The second-order valence-electron chi connectivity index (χ2n) is 9.01. The van der Waals surface area contributed by atoms with Crippen molar-refractivity contribution >= 4 is 29.4 Å². The molecular formula is C22H36N6O3. The SMILES string of the molecule is NC(N)=N/N=C1/C(=O)N(C2CCCCCCC2)C(=O)C1C(=O)NC1CCCCCCC1. The molecule has 2 aliphatic carbocycles. The summed E-state index contributed by atoms with van der Waals surface area (Å²) in [6.45, 7) is 0. The van der Waals surface area contributed by atoms with Crippen LogP contribution in [0, 0.1) is 5.92 Å². The van der Waals surface area contributed by atoms with Crippen LogP contribution in [-0.2, 0) is 14.4 Å². The first-order valence-electron chi connectivity index (χ1n) is 11.8. The molecule has 3 aliphatic rings. The predicted molar refractivity (Wildman–Crippen MR) is 119 cm³/mol. The Balaban J connectivity index is 1.81. The first-order chi connectivity index (χ1) is 15.0. The van der Waals surface area contributed by atoms with Gasteiger partial charge in [0.1, 0.15) is 0 Å². The molecule has 31 heavy (non-hydrogen) atoms. The fraction of sp³-hybridized carbons (Fsp3) is 0.773. The average Bonchev–Trinajstić information content (AvgIpc) is 2.92. The Morgan fingerprint density at radius 3 is 1.90 bits per heavy atom. The Hall–Kier alpha value is -2.45. The third-order valence-corrected chi connectivity index (χ3v) is 6.62. The summed E-state index contributed by atoms with van der Waals surface area (Å²) in [7, 11) is 0. The van der Waals surface area contributed by atoms with E-state index < -0.39 is 23.6 Å². The van der Waals surface area contributed by atoms with Gasteiger partial charge in [0, 0.05) is 12.1 Å². The van der Waals surface area contributed by atoms with Crippen molar-refractivity contribution < 1.29 is 14.4 Å². The lowest BCUT2D eigenvalue weighted by Crippen LogP contribution is -2.45. The summed E-state index contributed by atoms with van der Waals surface area (Å²) in [5.41, 5.74) is 10.6. The summed E-state index contributed by atoms with van der Waals surface area (Å²) in [4.78, 5) is 40.9. The number of amides is 3. The van der Waals surface area contributed by atoms with Gasteiger partial charge in [-0.25, -0.2) is 0 Å². The molecule has 0 aromatic heterocycles. The molecule has 2 saturated carbocycles. The molecule has 3 rings (SSSR count). The monoisotopic (exact) mass is 432 g/mol. The van der Waals surface area contributed by atoms with Crippen LogP contribution in [0.1, 0.15) is 89.9 Å². The summed E-state index contributed by atoms with van der Waals surface area (Å²) in [6.07, 6.45) is 14.2. The first kappa shape index (κ1) is 23.2. The number of hydrogen-bond acceptors (Lipinski definition) is 5. The molecule has 1 atom stereocenters. The molecule has 1 heterocycles. The number of carbonyl (C=O) groups is 3. The minimum Gasteiger partial charge on any atom is -0.369 e. The van der Waals surface area contributed by atoms with Gasteiger partial charge >= 0.3 is 0 Å². The Morgan fingerprint density at radius 1 is 0.839 bits per heavy atom. The minimum absolute atomic E-state index is 0.00970. The van der Waals surface area contributed by atoms with Crippen LogP contribution >= 0.6 is 0 Å². The lowest BCUT2D eigenvalue weighted by molar-refractivity contribution is -0.143. The summed E-state index contributed by atoms with van der Waals surface area (Å²) < 4.78 is 0. The van der Waals surface area contributed by atoms with E-state index >= 15 is 0 Å². The molecule has 9 nitrogen and oxygen atoms in total. The Labute approximate surface area is 184 Å². The van der Waals surface area contributed by atoms with E-state index in [9.17, 15) is 14.4 Å². The van der Waals surface area contributed by atoms with Crippen molar-refractivity contribution in [2.45, 2.75) is 102 Å². The molecule has 0 bridgehead atoms. The van der Waals surface area contributed by atoms with E-state index in [-0.39, 0.29) is 23.8 Å². The molecular weight excluding hydrogens is 396 g/mol. The molecule has 3 amide bonds. The van der Waals surface area contributed by atoms with Crippen LogP contribution in [0.2, 0.25) is 0 Å². The smallest absolute Gasteiger partial charge is 0.278 e. The summed E-state index contributed by atoms with van der Waals surface area (Å²) in [5, 5.41) is 10.5. The van der Waals surface area contributed by atoms with E-state index in [1.54, 1.807) is 0 Å². The van der Waals surface area contributed by atoms with Gasteiger partial charge in [-0.05, 0) is 25.7 Å². The van der Waals surface area contributed by atoms with Crippen molar-refractivity contribution in [3.63, 3.8) is 0 Å². The number of nitrogens with zero attached hydrogens (tertiary/aromatic N) is 3. The number of nitrogens with two attached hydrogens (primary N) is 2. The molecule has 1 unspecified atom stereocenters. The number of carbonyl (C=O) groups excluding carboxylic acids is 3. The van der Waals surface area contributed by atoms with Gasteiger partial charge in [0.2, 0.25) is 17.8 Å². The van der Waals surface area contributed by atoms with Crippen LogP contribution in [0.3, 0.4) is 0 Å². The van der Waals surface area contributed by atoms with Crippen LogP contribution in [0.4, 0.5) is 0 Å². The van der Waals surface area contributed by atoms with Crippen molar-refractivity contribution in [2.24, 2.45) is 27.6 Å². The van der Waals surface area contributed by atoms with Crippen molar-refractivity contribution in [1.29, 1.82) is 0 Å². The molecule has 0 spiro atoms. The maximum Gasteiger partial charge on any atom is 0.278 e. The van der Waals surface area contributed by atoms with Crippen LogP contribution in [0.15, 0.2) is 10.2 Å². The minimum atomic E-state index is -1.29. The Kier molecular flexibility index (Phi) is 8.43. The van der Waals surface area contributed by atoms with Crippen molar-refractivity contribution in [1.82, 2.24) is 10.2 Å². The van der Waals surface area contributed by atoms with E-state index in [2.05, 4.69) is 15.5 Å². The third kappa shape index (κ3) is 6.04. The van der Waals surface area contributed by atoms with Gasteiger partial charge in [-0.3, -0.25) is 19.3 Å². The Morgan fingerprint density at radius 2 is 1.35 bits per heavy atom. The third-order valence-electron chi connectivity index (χ3n) is 6.62. The summed E-state index contributed by atoms with van der Waals surface area (Å²) >= 11 is 0. The quantitative estimate of drug-likeness (QED) is 0.204. The van der Waals surface area contributed by atoms with E-state index in [1.807, 2.05) is 0 Å². The first-order valence-corrected chi connectivity index (χ1v) is 11.8.